The van der Waals surface area contributed by atoms with Crippen LogP contribution in [0.15, 0.2) is 36.4 Å². The molecule has 0 unspecified atom stereocenters. The zero-order valence-electron chi connectivity index (χ0n) is 25.3. The van der Waals surface area contributed by atoms with E-state index in [2.05, 4.69) is 15.1 Å². The molecule has 244 valence electrons. The average Bonchev–Trinajstić information content (AvgIpc) is 3.59. The van der Waals surface area contributed by atoms with Gasteiger partial charge >= 0.3 is 12.1 Å². The monoisotopic (exact) mass is 637 g/mol. The Morgan fingerprint density at radius 2 is 1.71 bits per heavy atom. The molecule has 0 bridgehead atoms. The summed E-state index contributed by atoms with van der Waals surface area (Å²) in [5, 5.41) is 12.8. The van der Waals surface area contributed by atoms with Crippen LogP contribution in [0.25, 0.3) is 10.9 Å². The number of aromatic nitrogens is 1. The van der Waals surface area contributed by atoms with Crippen molar-refractivity contribution in [3.63, 3.8) is 0 Å². The molecule has 3 heterocycles. The molecule has 14 heteroatoms. The van der Waals surface area contributed by atoms with E-state index in [4.69, 9.17) is 4.74 Å². The fourth-order valence-corrected chi connectivity index (χ4v) is 6.32. The lowest BCUT2D eigenvalue weighted by Crippen LogP contribution is -2.52. The third-order valence-corrected chi connectivity index (χ3v) is 8.76. The van der Waals surface area contributed by atoms with Gasteiger partial charge in [-0.2, -0.15) is 22.0 Å². The predicted octanol–water partition coefficient (Wildman–Crippen LogP) is 4.32. The number of methoxy groups -OCH3 is 1. The van der Waals surface area contributed by atoms with Crippen molar-refractivity contribution >= 4 is 28.4 Å². The molecule has 2 aliphatic rings. The highest BCUT2D eigenvalue weighted by Gasteiger charge is 2.59. The first-order valence-electron chi connectivity index (χ1n) is 14.6. The van der Waals surface area contributed by atoms with Gasteiger partial charge in [-0.3, -0.25) is 19.4 Å². The van der Waals surface area contributed by atoms with E-state index in [1.807, 2.05) is 30.1 Å². The Labute approximate surface area is 257 Å². The van der Waals surface area contributed by atoms with E-state index in [1.54, 1.807) is 17.7 Å². The Hall–Kier alpha value is -3.75. The zero-order valence-corrected chi connectivity index (χ0v) is 25.3. The number of para-hydroxylation sites is 1. The summed E-state index contributed by atoms with van der Waals surface area (Å²) in [7, 11) is 4.80. The SMILES string of the molecule is COc1c(CO)cc(C(F)(F)C(F)(F)F)cc1NC(=O)c1cc2cccc(CN3CCN(C(=O)[C@@H]4CCCN4C)CC3)c2n1C. The van der Waals surface area contributed by atoms with Crippen molar-refractivity contribution in [2.24, 2.45) is 7.05 Å². The quantitative estimate of drug-likeness (QED) is 0.358. The molecule has 45 heavy (non-hydrogen) atoms. The highest BCUT2D eigenvalue weighted by atomic mass is 19.4. The predicted molar refractivity (Wildman–Crippen MR) is 157 cm³/mol. The molecule has 5 rings (SSSR count). The molecule has 2 aromatic carbocycles. The van der Waals surface area contributed by atoms with E-state index in [0.717, 1.165) is 43.0 Å². The maximum absolute atomic E-state index is 14.3. The molecule has 0 aliphatic carbocycles. The summed E-state index contributed by atoms with van der Waals surface area (Å²) in [6, 6.07) is 8.18. The third kappa shape index (κ3) is 6.23. The van der Waals surface area contributed by atoms with Crippen LogP contribution in [0.1, 0.15) is 40.0 Å². The minimum atomic E-state index is -5.89. The number of ether oxygens (including phenoxy) is 1. The molecule has 2 fully saturated rings. The van der Waals surface area contributed by atoms with Gasteiger partial charge in [0.1, 0.15) is 11.4 Å². The van der Waals surface area contributed by atoms with Crippen LogP contribution >= 0.6 is 0 Å². The van der Waals surface area contributed by atoms with Crippen molar-refractivity contribution in [3.8, 4) is 5.75 Å². The van der Waals surface area contributed by atoms with Crippen LogP contribution in [0.4, 0.5) is 27.6 Å². The second kappa shape index (κ2) is 12.6. The Morgan fingerprint density at radius 1 is 1.00 bits per heavy atom. The van der Waals surface area contributed by atoms with E-state index in [0.29, 0.717) is 44.9 Å². The Balaban J connectivity index is 1.36. The van der Waals surface area contributed by atoms with Crippen molar-refractivity contribution in [2.45, 2.75) is 44.1 Å². The van der Waals surface area contributed by atoms with Gasteiger partial charge in [-0.25, -0.2) is 0 Å². The molecule has 1 aromatic heterocycles. The summed E-state index contributed by atoms with van der Waals surface area (Å²) in [5.74, 6) is -6.06. The van der Waals surface area contributed by atoms with Crippen LogP contribution in [-0.2, 0) is 30.9 Å². The van der Waals surface area contributed by atoms with Crippen molar-refractivity contribution in [1.29, 1.82) is 0 Å². The molecule has 0 radical (unpaired) electrons. The lowest BCUT2D eigenvalue weighted by atomic mass is 10.0. The summed E-state index contributed by atoms with van der Waals surface area (Å²) >= 11 is 0. The highest BCUT2D eigenvalue weighted by Crippen LogP contribution is 2.46. The molecule has 3 aromatic rings. The number of anilines is 1. The molecule has 1 atom stereocenters. The molecule has 0 spiro atoms. The van der Waals surface area contributed by atoms with Crippen LogP contribution in [0.2, 0.25) is 0 Å². The fourth-order valence-electron chi connectivity index (χ4n) is 6.32. The first kappa shape index (κ1) is 32.6. The van der Waals surface area contributed by atoms with Gasteiger partial charge in [0.15, 0.2) is 0 Å². The lowest BCUT2D eigenvalue weighted by Gasteiger charge is -2.37. The van der Waals surface area contributed by atoms with Gasteiger partial charge in [0, 0.05) is 56.3 Å². The Morgan fingerprint density at radius 3 is 2.31 bits per heavy atom. The summed E-state index contributed by atoms with van der Waals surface area (Å²) in [6.07, 6.45) is -4.00. The van der Waals surface area contributed by atoms with Gasteiger partial charge in [-0.1, -0.05) is 18.2 Å². The normalized spacial score (nSPS) is 18.5. The standard InChI is InChI=1S/C31H36F5N5O4/c1-38-9-5-8-24(38)29(44)41-12-10-40(11-13-41)17-20-7-4-6-19-15-25(39(2)26(19)20)28(43)37-23-16-22(30(32,33)31(34,35)36)14-21(18-42)27(23)45-3/h4,6-7,14-16,24,42H,5,8-13,17-18H2,1-3H3,(H,37,43)/t24-/m0/s1. The number of rotatable bonds is 8. The number of likely N-dealkylation sites (tertiary alicyclic amines) is 1. The van der Waals surface area contributed by atoms with Gasteiger partial charge in [0.2, 0.25) is 5.91 Å². The number of hydrogen-bond donors (Lipinski definition) is 2. The highest BCUT2D eigenvalue weighted by molar-refractivity contribution is 6.07. The summed E-state index contributed by atoms with van der Waals surface area (Å²) in [6.45, 7) is 3.18. The number of aryl methyl sites for hydroxylation is 1. The summed E-state index contributed by atoms with van der Waals surface area (Å²) < 4.78 is 74.8. The molecular formula is C31H36F5N5O4. The second-order valence-corrected chi connectivity index (χ2v) is 11.6. The van der Waals surface area contributed by atoms with Gasteiger partial charge < -0.3 is 24.6 Å². The number of likely N-dealkylation sites (N-methyl/N-ethyl adjacent to an activating group) is 1. The maximum Gasteiger partial charge on any atom is 0.458 e. The lowest BCUT2D eigenvalue weighted by molar-refractivity contribution is -0.289. The van der Waals surface area contributed by atoms with Crippen LogP contribution in [-0.4, -0.2) is 95.3 Å². The third-order valence-electron chi connectivity index (χ3n) is 8.76. The van der Waals surface area contributed by atoms with Gasteiger partial charge in [-0.05, 0) is 50.2 Å². The van der Waals surface area contributed by atoms with E-state index in [9.17, 15) is 36.6 Å². The number of carbonyl (C=O) groups is 2. The van der Waals surface area contributed by atoms with Crippen molar-refractivity contribution in [1.82, 2.24) is 19.3 Å². The number of benzene rings is 2. The molecule has 2 saturated heterocycles. The van der Waals surface area contributed by atoms with Crippen LogP contribution in [0, 0.1) is 0 Å². The molecule has 2 amide bonds. The van der Waals surface area contributed by atoms with Gasteiger partial charge in [0.05, 0.1) is 31.0 Å². The number of nitrogens with zero attached hydrogens (tertiary/aromatic N) is 4. The summed E-state index contributed by atoms with van der Waals surface area (Å²) in [4.78, 5) is 32.7. The number of nitrogens with one attached hydrogen (secondary N) is 1. The Bertz CT molecular complexity index is 1580. The minimum absolute atomic E-state index is 0.0583. The number of hydrogen-bond acceptors (Lipinski definition) is 6. The van der Waals surface area contributed by atoms with E-state index in [-0.39, 0.29) is 29.0 Å². The number of fused-ring (bicyclic) bond motifs is 1. The van der Waals surface area contributed by atoms with Crippen molar-refractivity contribution < 1.29 is 41.4 Å². The molecule has 2 aliphatic heterocycles. The number of aliphatic hydroxyl groups excluding tert-OH is 1. The number of halogens is 5. The first-order valence-corrected chi connectivity index (χ1v) is 14.6. The van der Waals surface area contributed by atoms with E-state index in [1.165, 1.54) is 0 Å². The molecular weight excluding hydrogens is 601 g/mol. The fraction of sp³-hybridized carbons (Fsp3) is 0.484. The minimum Gasteiger partial charge on any atom is -0.494 e. The van der Waals surface area contributed by atoms with Crippen molar-refractivity contribution in [3.05, 3.63) is 58.8 Å². The van der Waals surface area contributed by atoms with E-state index < -0.39 is 35.9 Å². The number of aliphatic hydroxyl groups is 1. The summed E-state index contributed by atoms with van der Waals surface area (Å²) in [5.41, 5.74) is -0.397. The molecule has 9 nitrogen and oxygen atoms in total. The Kier molecular flexibility index (Phi) is 9.11. The zero-order chi connectivity index (χ0) is 32.7. The topological polar surface area (TPSA) is 90.3 Å². The number of alkyl halides is 5. The van der Waals surface area contributed by atoms with Gasteiger partial charge in [-0.15, -0.1) is 0 Å². The number of amides is 2. The van der Waals surface area contributed by atoms with E-state index >= 15 is 0 Å². The maximum atomic E-state index is 14.3. The second-order valence-electron chi connectivity index (χ2n) is 11.6. The number of carbonyl (C=O) groups excluding carboxylic acids is 2. The van der Waals surface area contributed by atoms with Crippen LogP contribution in [0.3, 0.4) is 0 Å². The van der Waals surface area contributed by atoms with Crippen LogP contribution < -0.4 is 10.1 Å². The largest absolute Gasteiger partial charge is 0.494 e. The van der Waals surface area contributed by atoms with Crippen LogP contribution in [0.5, 0.6) is 5.75 Å². The average molecular weight is 638 g/mol. The van der Waals surface area contributed by atoms with Crippen molar-refractivity contribution in [2.75, 3.05) is 52.2 Å². The number of piperazine rings is 1. The molecule has 2 N–H and O–H groups in total. The van der Waals surface area contributed by atoms with Gasteiger partial charge in [0.25, 0.3) is 5.91 Å². The first-order chi connectivity index (χ1) is 21.3. The molecule has 0 saturated carbocycles. The smallest absolute Gasteiger partial charge is 0.458 e.